The van der Waals surface area contributed by atoms with E-state index in [1.165, 1.54) is 6.92 Å². The number of halogens is 6. The van der Waals surface area contributed by atoms with E-state index in [2.05, 4.69) is 20.1 Å². The van der Waals surface area contributed by atoms with Gasteiger partial charge < -0.3 is 10.5 Å². The molecule has 0 spiro atoms. The summed E-state index contributed by atoms with van der Waals surface area (Å²) in [5, 5.41) is 2.80. The van der Waals surface area contributed by atoms with Crippen molar-refractivity contribution in [3.8, 4) is 16.9 Å². The fraction of sp³-hybridized carbons (Fsp3) is 0.158. The van der Waals surface area contributed by atoms with Gasteiger partial charge in [0.05, 0.1) is 10.9 Å². The van der Waals surface area contributed by atoms with E-state index in [4.69, 9.17) is 22.1 Å². The minimum absolute atomic E-state index is 0.0175. The minimum atomic E-state index is -2.90. The summed E-state index contributed by atoms with van der Waals surface area (Å²) in [7, 11) is 0. The first-order chi connectivity index (χ1) is 15.2. The molecule has 166 valence electrons. The van der Waals surface area contributed by atoms with Crippen molar-refractivity contribution in [1.29, 1.82) is 0 Å². The Kier molecular flexibility index (Phi) is 5.55. The molecule has 0 bridgehead atoms. The smallest absolute Gasteiger partial charge is 0.334 e. The lowest BCUT2D eigenvalue weighted by Crippen LogP contribution is -2.09. The van der Waals surface area contributed by atoms with Gasteiger partial charge in [-0.2, -0.15) is 13.5 Å². The summed E-state index contributed by atoms with van der Waals surface area (Å²) in [4.78, 5) is 11.6. The zero-order valence-corrected chi connectivity index (χ0v) is 16.8. The van der Waals surface area contributed by atoms with Crippen LogP contribution in [0.25, 0.3) is 22.0 Å². The molecule has 13 heteroatoms. The van der Waals surface area contributed by atoms with Crippen LogP contribution in [0.15, 0.2) is 30.9 Å². The monoisotopic (exact) mass is 470 g/mol. The molecule has 0 radical (unpaired) electrons. The van der Waals surface area contributed by atoms with E-state index < -0.39 is 35.1 Å². The number of anilines is 1. The molecule has 0 amide bonds. The third-order valence-electron chi connectivity index (χ3n) is 4.55. The average molecular weight is 471 g/mol. The van der Waals surface area contributed by atoms with Crippen molar-refractivity contribution in [3.63, 3.8) is 0 Å². The molecule has 0 unspecified atom stereocenters. The maximum absolute atomic E-state index is 15.2. The summed E-state index contributed by atoms with van der Waals surface area (Å²) >= 11 is 5.64. The summed E-state index contributed by atoms with van der Waals surface area (Å²) < 4.78 is 74.9. The quantitative estimate of drug-likeness (QED) is 0.323. The zero-order chi connectivity index (χ0) is 23.2. The SMILES string of the molecule is C[C@H](Oc1cc(F)c(-c2ccc(F)c(Cl)c2F)c2ncnc(N)c12)c1ncn(C(F)F)n1. The van der Waals surface area contributed by atoms with Crippen LogP contribution in [0.4, 0.5) is 27.8 Å². The fourth-order valence-electron chi connectivity index (χ4n) is 3.08. The first kappa shape index (κ1) is 21.7. The van der Waals surface area contributed by atoms with Crippen LogP contribution in [0.2, 0.25) is 5.02 Å². The van der Waals surface area contributed by atoms with Gasteiger partial charge in [0.25, 0.3) is 0 Å². The molecular formula is C19H12ClF5N6O. The second-order valence-electron chi connectivity index (χ2n) is 6.56. The number of fused-ring (bicyclic) bond motifs is 1. The molecule has 0 aliphatic rings. The van der Waals surface area contributed by atoms with Gasteiger partial charge in [0.15, 0.2) is 17.7 Å². The molecule has 7 nitrogen and oxygen atoms in total. The number of nitrogens with two attached hydrogens (primary N) is 1. The molecule has 1 atom stereocenters. The standard InChI is InChI=1S/C19H12ClF5N6O/c1-7(18-29-6-31(30-18)19(24)25)32-11-4-10(22)12(16-13(11)17(26)28-5-27-16)8-2-3-9(21)14(20)15(8)23/h2-7,19H,1H3,(H2,26,27,28)/t7-/m0/s1. The number of nitrogens with zero attached hydrogens (tertiary/aromatic N) is 5. The van der Waals surface area contributed by atoms with Crippen molar-refractivity contribution in [2.45, 2.75) is 19.6 Å². The molecule has 0 fully saturated rings. The van der Waals surface area contributed by atoms with E-state index in [1.54, 1.807) is 0 Å². The Hall–Kier alpha value is -3.54. The molecular weight excluding hydrogens is 459 g/mol. The molecule has 4 aromatic rings. The van der Waals surface area contributed by atoms with Crippen LogP contribution in [0.5, 0.6) is 5.75 Å². The van der Waals surface area contributed by atoms with Gasteiger partial charge in [0.2, 0.25) is 0 Å². The number of benzene rings is 2. The Balaban J connectivity index is 1.86. The van der Waals surface area contributed by atoms with E-state index in [1.807, 2.05) is 0 Å². The van der Waals surface area contributed by atoms with Gasteiger partial charge in [-0.05, 0) is 19.1 Å². The lowest BCUT2D eigenvalue weighted by molar-refractivity contribution is 0.0550. The van der Waals surface area contributed by atoms with E-state index >= 15 is 4.39 Å². The van der Waals surface area contributed by atoms with Crippen LogP contribution in [0, 0.1) is 17.5 Å². The van der Waals surface area contributed by atoms with Gasteiger partial charge in [-0.25, -0.2) is 28.1 Å². The summed E-state index contributed by atoms with van der Waals surface area (Å²) in [5.41, 5.74) is 5.11. The molecule has 32 heavy (non-hydrogen) atoms. The number of aromatic nitrogens is 5. The minimum Gasteiger partial charge on any atom is -0.482 e. The number of alkyl halides is 2. The van der Waals surface area contributed by atoms with Gasteiger partial charge in [-0.15, -0.1) is 5.10 Å². The molecule has 4 rings (SSSR count). The molecule has 0 aliphatic heterocycles. The van der Waals surface area contributed by atoms with Crippen molar-refractivity contribution in [1.82, 2.24) is 24.7 Å². The van der Waals surface area contributed by atoms with Crippen molar-refractivity contribution < 1.29 is 26.7 Å². The molecule has 2 aromatic carbocycles. The summed E-state index contributed by atoms with van der Waals surface area (Å²) in [5.74, 6) is -3.57. The van der Waals surface area contributed by atoms with Gasteiger partial charge >= 0.3 is 6.55 Å². The lowest BCUT2D eigenvalue weighted by Gasteiger charge is -2.17. The Morgan fingerprint density at radius 1 is 1.09 bits per heavy atom. The number of ether oxygens (including phenoxy) is 1. The Bertz CT molecular complexity index is 1330. The largest absolute Gasteiger partial charge is 0.482 e. The Morgan fingerprint density at radius 2 is 1.84 bits per heavy atom. The highest BCUT2D eigenvalue weighted by molar-refractivity contribution is 6.31. The van der Waals surface area contributed by atoms with E-state index in [-0.39, 0.29) is 39.4 Å². The Morgan fingerprint density at radius 3 is 2.53 bits per heavy atom. The zero-order valence-electron chi connectivity index (χ0n) is 16.0. The molecule has 2 aromatic heterocycles. The number of hydrogen-bond donors (Lipinski definition) is 1. The highest BCUT2D eigenvalue weighted by Gasteiger charge is 2.25. The highest BCUT2D eigenvalue weighted by Crippen LogP contribution is 2.41. The fourth-order valence-corrected chi connectivity index (χ4v) is 3.25. The first-order valence-corrected chi connectivity index (χ1v) is 9.29. The molecule has 0 saturated carbocycles. The average Bonchev–Trinajstić information content (AvgIpc) is 3.24. The van der Waals surface area contributed by atoms with Crippen LogP contribution >= 0.6 is 11.6 Å². The first-order valence-electron chi connectivity index (χ1n) is 8.91. The van der Waals surface area contributed by atoms with Crippen LogP contribution in [-0.4, -0.2) is 24.7 Å². The van der Waals surface area contributed by atoms with Crippen molar-refractivity contribution >= 4 is 28.3 Å². The third kappa shape index (κ3) is 3.66. The van der Waals surface area contributed by atoms with Gasteiger partial charge in [0.1, 0.15) is 40.9 Å². The van der Waals surface area contributed by atoms with Gasteiger partial charge in [-0.1, -0.05) is 11.6 Å². The van der Waals surface area contributed by atoms with E-state index in [9.17, 15) is 17.6 Å². The number of hydrogen-bond acceptors (Lipinski definition) is 6. The van der Waals surface area contributed by atoms with Gasteiger partial charge in [0, 0.05) is 17.2 Å². The molecule has 0 aliphatic carbocycles. The second kappa shape index (κ2) is 8.19. The summed E-state index contributed by atoms with van der Waals surface area (Å²) in [6.07, 6.45) is 0.850. The Labute approximate surface area is 181 Å². The van der Waals surface area contributed by atoms with E-state index in [0.717, 1.165) is 30.9 Å². The second-order valence-corrected chi connectivity index (χ2v) is 6.94. The summed E-state index contributed by atoms with van der Waals surface area (Å²) in [6.45, 7) is -1.45. The van der Waals surface area contributed by atoms with E-state index in [0.29, 0.717) is 4.68 Å². The molecule has 0 saturated heterocycles. The van der Waals surface area contributed by atoms with Crippen molar-refractivity contribution in [3.05, 3.63) is 59.2 Å². The lowest BCUT2D eigenvalue weighted by atomic mass is 10.00. The maximum atomic E-state index is 15.2. The third-order valence-corrected chi connectivity index (χ3v) is 4.90. The predicted octanol–water partition coefficient (Wildman–Crippen LogP) is 5.08. The predicted molar refractivity (Wildman–Crippen MR) is 105 cm³/mol. The van der Waals surface area contributed by atoms with Crippen LogP contribution in [0.3, 0.4) is 0 Å². The number of nitrogen functional groups attached to an aromatic ring is 1. The highest BCUT2D eigenvalue weighted by atomic mass is 35.5. The van der Waals surface area contributed by atoms with Crippen molar-refractivity contribution in [2.75, 3.05) is 5.73 Å². The maximum Gasteiger partial charge on any atom is 0.334 e. The van der Waals surface area contributed by atoms with Crippen LogP contribution in [-0.2, 0) is 0 Å². The molecule has 2 N–H and O–H groups in total. The van der Waals surface area contributed by atoms with Crippen LogP contribution in [0.1, 0.15) is 25.4 Å². The summed E-state index contributed by atoms with van der Waals surface area (Å²) in [6, 6.07) is 2.79. The van der Waals surface area contributed by atoms with Gasteiger partial charge in [-0.3, -0.25) is 0 Å². The molecule has 2 heterocycles. The topological polar surface area (TPSA) is 91.7 Å². The van der Waals surface area contributed by atoms with Crippen LogP contribution < -0.4 is 10.5 Å². The normalized spacial score (nSPS) is 12.5. The number of rotatable bonds is 5. The van der Waals surface area contributed by atoms with Crippen molar-refractivity contribution in [2.24, 2.45) is 0 Å².